The first-order chi connectivity index (χ1) is 10.3. The van der Waals surface area contributed by atoms with E-state index in [1.54, 1.807) is 0 Å². The lowest BCUT2D eigenvalue weighted by molar-refractivity contribution is 0.548. The van der Waals surface area contributed by atoms with Gasteiger partial charge in [0.25, 0.3) is 0 Å². The Balaban J connectivity index is 0.000000194. The predicted molar refractivity (Wildman–Crippen MR) is 98.5 cm³/mol. The molecule has 0 aliphatic heterocycles. The summed E-state index contributed by atoms with van der Waals surface area (Å²) >= 11 is 6.13. The monoisotopic (exact) mass is 316 g/mol. The summed E-state index contributed by atoms with van der Waals surface area (Å²) in [5, 5.41) is 0.934. The molecule has 1 fully saturated rings. The van der Waals surface area contributed by atoms with Crippen molar-refractivity contribution in [3.63, 3.8) is 0 Å². The molecule has 0 nitrogen and oxygen atoms in total. The van der Waals surface area contributed by atoms with Gasteiger partial charge in [-0.25, -0.2) is 0 Å². The summed E-state index contributed by atoms with van der Waals surface area (Å²) in [7, 11) is 0. The van der Waals surface area contributed by atoms with Gasteiger partial charge in [-0.2, -0.15) is 11.8 Å². The highest BCUT2D eigenvalue weighted by Crippen LogP contribution is 2.34. The zero-order chi connectivity index (χ0) is 14.9. The molecule has 0 bridgehead atoms. The van der Waals surface area contributed by atoms with Gasteiger partial charge < -0.3 is 0 Å². The lowest BCUT2D eigenvalue weighted by atomic mass is 9.98. The van der Waals surface area contributed by atoms with Crippen LogP contribution in [0.15, 0.2) is 65.6 Å². The van der Waals surface area contributed by atoms with Crippen molar-refractivity contribution in [2.45, 2.75) is 35.8 Å². The van der Waals surface area contributed by atoms with Crippen molar-refractivity contribution in [2.24, 2.45) is 5.92 Å². The fraction of sp³-hybridized carbons (Fsp3) is 0.368. The molecule has 2 heteroatoms. The summed E-state index contributed by atoms with van der Waals surface area (Å²) < 4.78 is 0. The van der Waals surface area contributed by atoms with E-state index in [-0.39, 0.29) is 0 Å². The number of benzene rings is 2. The smallest absolute Gasteiger partial charge is 0.00471 e. The molecule has 0 aromatic heterocycles. The summed E-state index contributed by atoms with van der Waals surface area (Å²) in [6.45, 7) is 0. The second kappa shape index (κ2) is 9.22. The first-order valence-electron chi connectivity index (χ1n) is 7.58. The van der Waals surface area contributed by atoms with Crippen LogP contribution in [0.3, 0.4) is 0 Å². The normalized spacial score (nSPS) is 20.7. The fourth-order valence-corrected chi connectivity index (χ4v) is 3.81. The molecule has 0 heterocycles. The highest BCUT2D eigenvalue weighted by Gasteiger charge is 2.23. The van der Waals surface area contributed by atoms with Crippen LogP contribution in [0.2, 0.25) is 0 Å². The minimum absolute atomic E-state index is 0.934. The van der Waals surface area contributed by atoms with E-state index in [2.05, 4.69) is 49.2 Å². The van der Waals surface area contributed by atoms with Gasteiger partial charge in [0.05, 0.1) is 0 Å². The van der Waals surface area contributed by atoms with E-state index in [9.17, 15) is 0 Å². The Kier molecular flexibility index (Phi) is 7.25. The summed E-state index contributed by atoms with van der Waals surface area (Å²) in [5.74, 6) is 0.940. The Bertz CT molecular complexity index is 495. The molecule has 0 spiro atoms. The van der Waals surface area contributed by atoms with Gasteiger partial charge in [-0.05, 0) is 55.6 Å². The molecular weight excluding hydrogens is 292 g/mol. The van der Waals surface area contributed by atoms with Gasteiger partial charge in [0.2, 0.25) is 0 Å². The maximum absolute atomic E-state index is 4.08. The Morgan fingerprint density at radius 1 is 0.952 bits per heavy atom. The Morgan fingerprint density at radius 3 is 2.05 bits per heavy atom. The van der Waals surface area contributed by atoms with Crippen molar-refractivity contribution in [1.82, 2.24) is 0 Å². The highest BCUT2D eigenvalue weighted by atomic mass is 32.2. The number of thiol groups is 1. The van der Waals surface area contributed by atoms with Crippen molar-refractivity contribution in [3.8, 4) is 0 Å². The van der Waals surface area contributed by atoms with Gasteiger partial charge in [-0.1, -0.05) is 48.5 Å². The summed E-state index contributed by atoms with van der Waals surface area (Å²) in [5.41, 5.74) is 1.51. The minimum atomic E-state index is 0.934. The molecule has 21 heavy (non-hydrogen) atoms. The number of hydrogen-bond donors (Lipinski definition) is 1. The molecular formula is C19H24S2. The summed E-state index contributed by atoms with van der Waals surface area (Å²) in [6, 6.07) is 20.7. The van der Waals surface area contributed by atoms with Crippen LogP contribution >= 0.6 is 24.4 Å². The van der Waals surface area contributed by atoms with E-state index < -0.39 is 0 Å². The van der Waals surface area contributed by atoms with Gasteiger partial charge in [-0.3, -0.25) is 0 Å². The third-order valence-corrected chi connectivity index (χ3v) is 5.34. The van der Waals surface area contributed by atoms with Crippen molar-refractivity contribution in [3.05, 3.63) is 66.2 Å². The molecule has 0 radical (unpaired) electrons. The molecule has 2 aromatic carbocycles. The van der Waals surface area contributed by atoms with E-state index in [0.717, 1.165) is 16.1 Å². The van der Waals surface area contributed by atoms with Gasteiger partial charge in [0.15, 0.2) is 0 Å². The predicted octanol–water partition coefficient (Wildman–Crippen LogP) is 5.74. The molecule has 1 aliphatic rings. The quantitative estimate of drug-likeness (QED) is 0.705. The summed E-state index contributed by atoms with van der Waals surface area (Å²) in [4.78, 5) is 1.02. The SMILES string of the molecule is CSC1CCC(Cc2ccccc2)C1.Sc1ccccc1. The number of hydrogen-bond acceptors (Lipinski definition) is 2. The van der Waals surface area contributed by atoms with Crippen molar-refractivity contribution in [1.29, 1.82) is 0 Å². The minimum Gasteiger partial charge on any atom is -0.162 e. The first-order valence-corrected chi connectivity index (χ1v) is 9.32. The molecule has 0 N–H and O–H groups in total. The van der Waals surface area contributed by atoms with Gasteiger partial charge in [0, 0.05) is 10.1 Å². The van der Waals surface area contributed by atoms with Crippen molar-refractivity contribution in [2.75, 3.05) is 6.26 Å². The molecule has 3 rings (SSSR count). The maximum Gasteiger partial charge on any atom is 0.00471 e. The van der Waals surface area contributed by atoms with Crippen LogP contribution in [-0.4, -0.2) is 11.5 Å². The number of rotatable bonds is 3. The van der Waals surface area contributed by atoms with Crippen LogP contribution in [0.4, 0.5) is 0 Å². The molecule has 1 saturated carbocycles. The third kappa shape index (κ3) is 6.19. The van der Waals surface area contributed by atoms with Crippen LogP contribution < -0.4 is 0 Å². The summed E-state index contributed by atoms with van der Waals surface area (Å²) in [6.07, 6.45) is 7.82. The van der Waals surface area contributed by atoms with E-state index in [1.165, 1.54) is 31.2 Å². The van der Waals surface area contributed by atoms with Crippen LogP contribution in [0, 0.1) is 5.92 Å². The second-order valence-corrected chi connectivity index (χ2v) is 7.22. The van der Waals surface area contributed by atoms with Crippen LogP contribution in [0.5, 0.6) is 0 Å². The molecule has 1 aliphatic carbocycles. The average Bonchev–Trinajstić information content (AvgIpc) is 2.97. The Labute approximate surface area is 138 Å². The first kappa shape index (κ1) is 16.5. The highest BCUT2D eigenvalue weighted by molar-refractivity contribution is 7.99. The molecule has 2 aromatic rings. The third-order valence-electron chi connectivity index (χ3n) is 3.95. The lowest BCUT2D eigenvalue weighted by Crippen LogP contribution is -2.01. The van der Waals surface area contributed by atoms with Crippen LogP contribution in [0.1, 0.15) is 24.8 Å². The molecule has 2 atom stereocenters. The van der Waals surface area contributed by atoms with Crippen LogP contribution in [-0.2, 0) is 6.42 Å². The van der Waals surface area contributed by atoms with Crippen LogP contribution in [0.25, 0.3) is 0 Å². The lowest BCUT2D eigenvalue weighted by Gasteiger charge is -2.09. The zero-order valence-corrected chi connectivity index (χ0v) is 14.3. The molecule has 0 saturated heterocycles. The average molecular weight is 317 g/mol. The molecule has 2 unspecified atom stereocenters. The topological polar surface area (TPSA) is 0 Å². The number of thioether (sulfide) groups is 1. The standard InChI is InChI=1S/C13H18S.C6H6S/c1-14-13-8-7-12(10-13)9-11-5-3-2-4-6-11;7-6-4-2-1-3-5-6/h2-6,12-13H,7-10H2,1H3;1-5,7H. The van der Waals surface area contributed by atoms with Crippen molar-refractivity contribution >= 4 is 24.4 Å². The van der Waals surface area contributed by atoms with Gasteiger partial charge in [-0.15, -0.1) is 12.6 Å². The fourth-order valence-electron chi connectivity index (χ4n) is 2.80. The zero-order valence-electron chi connectivity index (χ0n) is 12.6. The second-order valence-electron chi connectivity index (χ2n) is 5.56. The largest absolute Gasteiger partial charge is 0.162 e. The van der Waals surface area contributed by atoms with E-state index in [4.69, 9.17) is 0 Å². The van der Waals surface area contributed by atoms with E-state index >= 15 is 0 Å². The van der Waals surface area contributed by atoms with Gasteiger partial charge in [0.1, 0.15) is 0 Å². The maximum atomic E-state index is 4.08. The Morgan fingerprint density at radius 2 is 1.57 bits per heavy atom. The molecule has 0 amide bonds. The van der Waals surface area contributed by atoms with E-state index in [1.807, 2.05) is 42.1 Å². The molecule has 112 valence electrons. The Hall–Kier alpha value is -0.860. The van der Waals surface area contributed by atoms with E-state index in [0.29, 0.717) is 0 Å². The van der Waals surface area contributed by atoms with Gasteiger partial charge >= 0.3 is 0 Å². The van der Waals surface area contributed by atoms with Crippen molar-refractivity contribution < 1.29 is 0 Å².